The second kappa shape index (κ2) is 11.3. The van der Waals surface area contributed by atoms with Gasteiger partial charge in [0.2, 0.25) is 0 Å². The lowest BCUT2D eigenvalue weighted by Crippen LogP contribution is -2.63. The van der Waals surface area contributed by atoms with E-state index in [1.807, 2.05) is 22.5 Å². The van der Waals surface area contributed by atoms with Gasteiger partial charge in [-0.1, -0.05) is 0 Å². The van der Waals surface area contributed by atoms with Crippen LogP contribution in [0.15, 0.2) is 43.4 Å². The Labute approximate surface area is 234 Å². The van der Waals surface area contributed by atoms with Crippen molar-refractivity contribution in [3.63, 3.8) is 0 Å². The van der Waals surface area contributed by atoms with E-state index in [0.29, 0.717) is 37.4 Å². The topological polar surface area (TPSA) is 141 Å². The number of hydrogen-bond donors (Lipinski definition) is 2. The van der Waals surface area contributed by atoms with E-state index in [-0.39, 0.29) is 12.1 Å². The molecule has 1 atom stereocenters. The zero-order valence-corrected chi connectivity index (χ0v) is 21.6. The summed E-state index contributed by atoms with van der Waals surface area (Å²) in [5, 5.41) is 16.9. The van der Waals surface area contributed by atoms with Crippen molar-refractivity contribution in [2.75, 3.05) is 18.0 Å². The lowest BCUT2D eigenvalue weighted by atomic mass is 9.87. The Balaban J connectivity index is 0.000000830. The van der Waals surface area contributed by atoms with Crippen LogP contribution in [-0.4, -0.2) is 73.5 Å². The number of halogens is 6. The van der Waals surface area contributed by atoms with Crippen LogP contribution in [0.2, 0.25) is 0 Å². The van der Waals surface area contributed by atoms with Crippen LogP contribution in [0, 0.1) is 17.2 Å². The molecule has 0 unspecified atom stereocenters. The van der Waals surface area contributed by atoms with Crippen LogP contribution in [0.4, 0.5) is 31.9 Å². The number of rotatable bonds is 7. The minimum absolute atomic E-state index is 0.190. The molecule has 11 nitrogen and oxygen atoms in total. The molecule has 2 fully saturated rings. The van der Waals surface area contributed by atoms with Gasteiger partial charge >= 0.3 is 13.7 Å². The van der Waals surface area contributed by atoms with E-state index >= 15 is 0 Å². The van der Waals surface area contributed by atoms with E-state index in [1.54, 1.807) is 17.1 Å². The lowest BCUT2D eigenvalue weighted by molar-refractivity contribution is -0.158. The van der Waals surface area contributed by atoms with E-state index in [4.69, 9.17) is 0 Å². The Bertz CT molecular complexity index is 1590. The van der Waals surface area contributed by atoms with Crippen LogP contribution in [0.1, 0.15) is 29.8 Å². The summed E-state index contributed by atoms with van der Waals surface area (Å²) in [5.74, 6) is -1.06. The largest absolute Gasteiger partial charge is 0.762 e. The zero-order valence-electron chi connectivity index (χ0n) is 21.6. The van der Waals surface area contributed by atoms with Crippen LogP contribution in [-0.2, 0) is 5.54 Å². The first-order chi connectivity index (χ1) is 20.0. The summed E-state index contributed by atoms with van der Waals surface area (Å²) >= 11 is 0. The van der Waals surface area contributed by atoms with Crippen LogP contribution < -0.4 is 10.2 Å². The first kappa shape index (κ1) is 28.8. The minimum Gasteiger partial charge on any atom is -0.350 e. The van der Waals surface area contributed by atoms with Crippen LogP contribution in [0.25, 0.3) is 22.3 Å². The van der Waals surface area contributed by atoms with Gasteiger partial charge in [-0.15, -0.1) is 0 Å². The second-order valence-electron chi connectivity index (χ2n) is 9.89. The number of nitrogens with zero attached hydrogens (tertiary/aromatic N) is 8. The monoisotopic (exact) mass is 590 g/mol. The van der Waals surface area contributed by atoms with Crippen molar-refractivity contribution < 1.29 is 30.9 Å². The lowest BCUT2D eigenvalue weighted by Gasteiger charge is -2.49. The highest BCUT2D eigenvalue weighted by molar-refractivity contribution is 6.33. The summed E-state index contributed by atoms with van der Waals surface area (Å²) in [6, 6.07) is 2.23. The molecule has 4 aromatic heterocycles. The third kappa shape index (κ3) is 5.99. The molecule has 0 spiro atoms. The average molecular weight is 590 g/mol. The maximum atomic E-state index is 13.2. The molecular weight excluding hydrogens is 569 g/mol. The average Bonchev–Trinajstić information content (AvgIpc) is 3.41. The normalized spacial score (nSPS) is 16.5. The number of amides is 1. The van der Waals surface area contributed by atoms with E-state index in [0.717, 1.165) is 16.6 Å². The molecule has 2 N–H and O–H groups in total. The Hall–Kier alpha value is -4.69. The van der Waals surface area contributed by atoms with Crippen LogP contribution >= 0.6 is 0 Å². The predicted octanol–water partition coefficient (Wildman–Crippen LogP) is 3.69. The van der Waals surface area contributed by atoms with Crippen molar-refractivity contribution >= 4 is 30.3 Å². The van der Waals surface area contributed by atoms with Gasteiger partial charge in [-0.3, -0.25) is 22.4 Å². The van der Waals surface area contributed by atoms with Crippen molar-refractivity contribution in [1.29, 1.82) is 5.26 Å². The predicted molar refractivity (Wildman–Crippen MR) is 137 cm³/mol. The Morgan fingerprint density at radius 3 is 2.52 bits per heavy atom. The molecule has 1 saturated carbocycles. The molecular formula is C24H21BF6N10O. The molecule has 0 aromatic carbocycles. The number of fused-ring (bicyclic) bond motifs is 1. The van der Waals surface area contributed by atoms with Crippen molar-refractivity contribution in [2.45, 2.75) is 37.0 Å². The van der Waals surface area contributed by atoms with Gasteiger partial charge < -0.3 is 15.2 Å². The molecule has 5 heterocycles. The van der Waals surface area contributed by atoms with Gasteiger partial charge in [-0.2, -0.15) is 23.5 Å². The molecule has 1 aliphatic carbocycles. The highest BCUT2D eigenvalue weighted by Gasteiger charge is 2.50. The Morgan fingerprint density at radius 1 is 1.17 bits per heavy atom. The van der Waals surface area contributed by atoms with E-state index in [9.17, 15) is 36.2 Å². The smallest absolute Gasteiger partial charge is 0.350 e. The molecule has 4 aromatic rings. The highest BCUT2D eigenvalue weighted by atomic mass is 19.4. The minimum atomic E-state index is -4.51. The van der Waals surface area contributed by atoms with Crippen LogP contribution in [0.5, 0.6) is 0 Å². The summed E-state index contributed by atoms with van der Waals surface area (Å²) in [6.07, 6.45) is 5.86. The molecule has 1 amide bonds. The third-order valence-electron chi connectivity index (χ3n) is 7.00. The fourth-order valence-corrected chi connectivity index (χ4v) is 4.83. The Morgan fingerprint density at radius 2 is 1.90 bits per heavy atom. The number of hydrogen-bond acceptors (Lipinski definition) is 8. The van der Waals surface area contributed by atoms with Gasteiger partial charge in [-0.25, -0.2) is 19.9 Å². The SMILES string of the molecule is FB(F)F.N#CCC1(n2cc(-c3ncnc4[nH]ccc34)cn2)CN(c2cnc(C(=O)N[C@@H](C3CC3)C(F)(F)F)cn2)C1. The molecule has 0 radical (unpaired) electrons. The fraction of sp³-hybridized carbons (Fsp3) is 0.375. The number of carbonyl (C=O) groups excluding carboxylic acids is 1. The molecule has 218 valence electrons. The van der Waals surface area contributed by atoms with E-state index in [1.165, 1.54) is 18.7 Å². The zero-order chi connectivity index (χ0) is 30.1. The quantitative estimate of drug-likeness (QED) is 0.245. The van der Waals surface area contributed by atoms with Crippen molar-refractivity contribution in [3.8, 4) is 17.3 Å². The molecule has 2 aliphatic rings. The summed E-state index contributed by atoms with van der Waals surface area (Å²) in [4.78, 5) is 34.2. The summed E-state index contributed by atoms with van der Waals surface area (Å²) in [7, 11) is -3.67. The van der Waals surface area contributed by atoms with Gasteiger partial charge in [0.15, 0.2) is 0 Å². The number of nitriles is 1. The highest BCUT2D eigenvalue weighted by Crippen LogP contribution is 2.40. The van der Waals surface area contributed by atoms with E-state index < -0.39 is 37.1 Å². The molecule has 1 saturated heterocycles. The second-order valence-corrected chi connectivity index (χ2v) is 9.89. The number of H-pyrrole nitrogens is 1. The molecule has 42 heavy (non-hydrogen) atoms. The molecule has 18 heteroatoms. The third-order valence-corrected chi connectivity index (χ3v) is 7.00. The maximum absolute atomic E-state index is 13.2. The summed E-state index contributed by atoms with van der Waals surface area (Å²) < 4.78 is 70.5. The van der Waals surface area contributed by atoms with E-state index in [2.05, 4.69) is 36.1 Å². The van der Waals surface area contributed by atoms with Gasteiger partial charge in [-0.05, 0) is 24.8 Å². The molecule has 0 bridgehead atoms. The fourth-order valence-electron chi connectivity index (χ4n) is 4.83. The number of aromatic nitrogens is 7. The van der Waals surface area contributed by atoms with Gasteiger partial charge in [0, 0.05) is 36.4 Å². The molecule has 1 aliphatic heterocycles. The summed E-state index contributed by atoms with van der Waals surface area (Å²) in [5.41, 5.74) is 1.41. The van der Waals surface area contributed by atoms with Gasteiger partial charge in [0.25, 0.3) is 5.91 Å². The summed E-state index contributed by atoms with van der Waals surface area (Å²) in [6.45, 7) is 0.812. The van der Waals surface area contributed by atoms with Gasteiger partial charge in [0.1, 0.15) is 35.1 Å². The van der Waals surface area contributed by atoms with Crippen molar-refractivity contribution in [3.05, 3.63) is 49.1 Å². The standard InChI is InChI=1S/C24H21F3N10O.BF3/c25-24(26,27)20(14-1-2-14)35-22(38)17-8-31-18(9-30-17)36-11-23(12-36,4-5-28)37-10-15(7-34-37)19-16-3-6-29-21(16)33-13-32-19;2-1(3)4/h3,6-10,13-14,20H,1-2,4,11-12H2,(H,35,38)(H,29,32,33);/t20-;/m0./s1. The van der Waals surface area contributed by atoms with Crippen molar-refractivity contribution in [1.82, 2.24) is 40.0 Å². The van der Waals surface area contributed by atoms with Gasteiger partial charge in [0.05, 0.1) is 36.8 Å². The number of nitrogens with one attached hydrogen (secondary N) is 2. The number of alkyl halides is 3. The van der Waals surface area contributed by atoms with Crippen molar-refractivity contribution in [2.24, 2.45) is 5.92 Å². The Kier molecular flexibility index (Phi) is 7.75. The first-order valence-electron chi connectivity index (χ1n) is 12.6. The first-order valence-corrected chi connectivity index (χ1v) is 12.6. The number of aromatic amines is 1. The number of anilines is 1. The molecule has 6 rings (SSSR count). The van der Waals surface area contributed by atoms with Crippen LogP contribution in [0.3, 0.4) is 0 Å². The number of carbonyl (C=O) groups is 1. The maximum Gasteiger partial charge on any atom is 0.762 e.